The smallest absolute Gasteiger partial charge is 0.407 e. The number of esters is 1. The number of benzene rings is 1. The minimum absolute atomic E-state index is 0.0290. The Hall–Kier alpha value is -3.71. The summed E-state index contributed by atoms with van der Waals surface area (Å²) in [4.78, 5) is 60.7. The Kier molecular flexibility index (Phi) is 9.81. The second-order valence-electron chi connectivity index (χ2n) is 10.9. The number of amides is 3. The van der Waals surface area contributed by atoms with Gasteiger partial charge in [-0.2, -0.15) is 0 Å². The Morgan fingerprint density at radius 3 is 2.27 bits per heavy atom. The van der Waals surface area contributed by atoms with Gasteiger partial charge in [-0.3, -0.25) is 14.4 Å². The number of ether oxygens (including phenoxy) is 2. The van der Waals surface area contributed by atoms with Crippen molar-refractivity contribution in [1.29, 1.82) is 0 Å². The molecule has 1 aromatic heterocycles. The largest absolute Gasteiger partial charge is 0.465 e. The van der Waals surface area contributed by atoms with Crippen molar-refractivity contribution in [3.8, 4) is 10.6 Å². The number of anilines is 1. The van der Waals surface area contributed by atoms with Gasteiger partial charge in [-0.1, -0.05) is 41.7 Å². The van der Waals surface area contributed by atoms with Crippen LogP contribution in [-0.2, 0) is 19.1 Å². The van der Waals surface area contributed by atoms with Crippen molar-refractivity contribution in [2.24, 2.45) is 0 Å². The maximum absolute atomic E-state index is 13.8. The number of carbonyl (C=O) groups is 4. The van der Waals surface area contributed by atoms with E-state index in [0.717, 1.165) is 5.56 Å². The van der Waals surface area contributed by atoms with Crippen LogP contribution < -0.4 is 10.2 Å². The van der Waals surface area contributed by atoms with Crippen LogP contribution in [0.15, 0.2) is 30.3 Å². The van der Waals surface area contributed by atoms with E-state index < -0.39 is 29.6 Å². The highest BCUT2D eigenvalue weighted by molar-refractivity contribution is 7.19. The molecule has 0 bridgehead atoms. The molecule has 2 aromatic rings. The fourth-order valence-electron chi connectivity index (χ4n) is 4.62. The van der Waals surface area contributed by atoms with E-state index in [1.54, 1.807) is 20.8 Å². The van der Waals surface area contributed by atoms with Crippen molar-refractivity contribution in [2.45, 2.75) is 45.3 Å². The molecule has 2 saturated heterocycles. The number of thiazole rings is 1. The number of morpholine rings is 1. The molecule has 3 amide bonds. The number of piperazine rings is 1. The number of carbonyl (C=O) groups excluding carboxylic acids is 3. The van der Waals surface area contributed by atoms with Crippen molar-refractivity contribution in [2.75, 3.05) is 57.4 Å². The summed E-state index contributed by atoms with van der Waals surface area (Å²) in [6.07, 6.45) is -1.09. The van der Waals surface area contributed by atoms with Gasteiger partial charge in [0.05, 0.1) is 13.2 Å². The van der Waals surface area contributed by atoms with Gasteiger partial charge in [-0.05, 0) is 27.2 Å². The molecule has 0 aliphatic carbocycles. The predicted octanol–water partition coefficient (Wildman–Crippen LogP) is 2.69. The van der Waals surface area contributed by atoms with Crippen molar-refractivity contribution in [3.05, 3.63) is 36.0 Å². The number of hydrogen-bond acceptors (Lipinski definition) is 9. The van der Waals surface area contributed by atoms with Crippen LogP contribution in [0.2, 0.25) is 0 Å². The standard InChI is InChI=1S/C28H37N5O7S/c1-28(2,3)40-21(34)10-9-20(25(36)31-11-13-33(14-12-31)27(37)38)29-23(35)22-26(32-15-17-39-18-16-32)41-24(30-22)19-7-5-4-6-8-19/h4-8,20H,9-18H2,1-3H3,(H,29,35)(H,37,38)/t20-/m0/s1. The summed E-state index contributed by atoms with van der Waals surface area (Å²) >= 11 is 1.41. The summed E-state index contributed by atoms with van der Waals surface area (Å²) in [5, 5.41) is 13.5. The monoisotopic (exact) mass is 587 g/mol. The van der Waals surface area contributed by atoms with Crippen LogP contribution in [0, 0.1) is 0 Å². The van der Waals surface area contributed by atoms with Crippen molar-refractivity contribution in [3.63, 3.8) is 0 Å². The van der Waals surface area contributed by atoms with Gasteiger partial charge >= 0.3 is 12.1 Å². The first kappa shape index (κ1) is 30.3. The van der Waals surface area contributed by atoms with Gasteiger partial charge in [0.25, 0.3) is 5.91 Å². The topological polar surface area (TPSA) is 142 Å². The first-order valence-corrected chi connectivity index (χ1v) is 14.5. The lowest BCUT2D eigenvalue weighted by Gasteiger charge is -2.35. The average molecular weight is 588 g/mol. The van der Waals surface area contributed by atoms with E-state index in [0.29, 0.717) is 36.3 Å². The third-order valence-electron chi connectivity index (χ3n) is 6.67. The Bertz CT molecular complexity index is 1230. The molecule has 12 nitrogen and oxygen atoms in total. The molecule has 222 valence electrons. The molecule has 1 atom stereocenters. The maximum atomic E-state index is 13.8. The third-order valence-corrected chi connectivity index (χ3v) is 7.83. The minimum atomic E-state index is -1.04. The number of carboxylic acid groups (broad SMARTS) is 1. The Morgan fingerprint density at radius 1 is 1.02 bits per heavy atom. The number of nitrogens with zero attached hydrogens (tertiary/aromatic N) is 4. The summed E-state index contributed by atoms with van der Waals surface area (Å²) in [6, 6.07) is 8.54. The van der Waals surface area contributed by atoms with Crippen LogP contribution in [0.5, 0.6) is 0 Å². The average Bonchev–Trinajstić information content (AvgIpc) is 3.41. The van der Waals surface area contributed by atoms with E-state index in [4.69, 9.17) is 9.47 Å². The third kappa shape index (κ3) is 8.17. The van der Waals surface area contributed by atoms with Gasteiger partial charge in [-0.25, -0.2) is 9.78 Å². The highest BCUT2D eigenvalue weighted by atomic mass is 32.1. The van der Waals surface area contributed by atoms with Gasteiger partial charge in [0.2, 0.25) is 5.91 Å². The molecule has 41 heavy (non-hydrogen) atoms. The van der Waals surface area contributed by atoms with Crippen LogP contribution in [0.3, 0.4) is 0 Å². The van der Waals surface area contributed by atoms with E-state index in [-0.39, 0.29) is 50.6 Å². The summed E-state index contributed by atoms with van der Waals surface area (Å²) < 4.78 is 10.9. The zero-order valence-corrected chi connectivity index (χ0v) is 24.4. The van der Waals surface area contributed by atoms with Gasteiger partial charge in [0, 0.05) is 51.3 Å². The quantitative estimate of drug-likeness (QED) is 0.446. The Balaban J connectivity index is 1.57. The minimum Gasteiger partial charge on any atom is -0.465 e. The molecule has 2 N–H and O–H groups in total. The van der Waals surface area contributed by atoms with Crippen LogP contribution in [-0.4, -0.2) is 108 Å². The molecular weight excluding hydrogens is 550 g/mol. The maximum Gasteiger partial charge on any atom is 0.407 e. The lowest BCUT2D eigenvalue weighted by atomic mass is 10.1. The number of aromatic nitrogens is 1. The predicted molar refractivity (Wildman–Crippen MR) is 153 cm³/mol. The van der Waals surface area contributed by atoms with Gasteiger partial charge in [0.15, 0.2) is 5.69 Å². The molecule has 13 heteroatoms. The fraction of sp³-hybridized carbons (Fsp3) is 0.536. The molecule has 0 spiro atoms. The highest BCUT2D eigenvalue weighted by Gasteiger charge is 2.33. The van der Waals surface area contributed by atoms with Crippen molar-refractivity contribution < 1.29 is 33.8 Å². The van der Waals surface area contributed by atoms with Crippen molar-refractivity contribution >= 4 is 40.2 Å². The summed E-state index contributed by atoms with van der Waals surface area (Å²) in [7, 11) is 0. The van der Waals surface area contributed by atoms with Crippen LogP contribution in [0.25, 0.3) is 10.6 Å². The molecule has 4 rings (SSSR count). The molecule has 0 unspecified atom stereocenters. The zero-order chi connectivity index (χ0) is 29.6. The summed E-state index contributed by atoms with van der Waals surface area (Å²) in [5.41, 5.74) is 0.399. The van der Waals surface area contributed by atoms with Crippen molar-refractivity contribution in [1.82, 2.24) is 20.1 Å². The molecule has 3 heterocycles. The van der Waals surface area contributed by atoms with Crippen LogP contribution in [0.1, 0.15) is 44.1 Å². The molecule has 2 fully saturated rings. The van der Waals surface area contributed by atoms with Gasteiger partial charge < -0.3 is 34.6 Å². The molecule has 0 saturated carbocycles. The van der Waals surface area contributed by atoms with E-state index in [2.05, 4.69) is 15.2 Å². The summed E-state index contributed by atoms with van der Waals surface area (Å²) in [5.74, 6) is -1.37. The number of nitrogens with one attached hydrogen (secondary N) is 1. The molecular formula is C28H37N5O7S. The molecule has 1 aromatic carbocycles. The molecule has 2 aliphatic heterocycles. The Labute approximate surface area is 243 Å². The Morgan fingerprint density at radius 2 is 1.66 bits per heavy atom. The first-order chi connectivity index (χ1) is 19.5. The first-order valence-electron chi connectivity index (χ1n) is 13.7. The number of rotatable bonds is 8. The second-order valence-corrected chi connectivity index (χ2v) is 11.9. The second kappa shape index (κ2) is 13.3. The van der Waals surface area contributed by atoms with E-state index in [9.17, 15) is 24.3 Å². The normalized spacial score (nSPS) is 16.7. The zero-order valence-electron chi connectivity index (χ0n) is 23.6. The molecule has 2 aliphatic rings. The lowest BCUT2D eigenvalue weighted by Crippen LogP contribution is -2.55. The van der Waals surface area contributed by atoms with Crippen LogP contribution >= 0.6 is 11.3 Å². The van der Waals surface area contributed by atoms with E-state index in [1.807, 2.05) is 30.3 Å². The molecule has 0 radical (unpaired) electrons. The lowest BCUT2D eigenvalue weighted by molar-refractivity contribution is -0.155. The van der Waals surface area contributed by atoms with E-state index in [1.165, 1.54) is 21.1 Å². The highest BCUT2D eigenvalue weighted by Crippen LogP contribution is 2.35. The summed E-state index contributed by atoms with van der Waals surface area (Å²) in [6.45, 7) is 8.26. The SMILES string of the molecule is CC(C)(C)OC(=O)CC[C@H](NC(=O)c1nc(-c2ccccc2)sc1N1CCOCC1)C(=O)N1CCN(C(=O)O)CC1. The van der Waals surface area contributed by atoms with Crippen LogP contribution in [0.4, 0.5) is 9.80 Å². The van der Waals surface area contributed by atoms with E-state index >= 15 is 0 Å². The van der Waals surface area contributed by atoms with Gasteiger partial charge in [0.1, 0.15) is 21.7 Å². The number of hydrogen-bond donors (Lipinski definition) is 2. The van der Waals surface area contributed by atoms with Gasteiger partial charge in [-0.15, -0.1) is 0 Å². The fourth-order valence-corrected chi connectivity index (χ4v) is 5.74.